The molecular formula is C5H4Cl2N4. The fourth-order valence-corrected chi connectivity index (χ4v) is 0.913. The van der Waals surface area contributed by atoms with E-state index < -0.39 is 0 Å². The minimum absolute atomic E-state index is 0. The average Bonchev–Trinajstić information content (AvgIpc) is 2.34. The lowest BCUT2D eigenvalue weighted by Crippen LogP contribution is -1.81. The number of fused-ring (bicyclic) bond motifs is 1. The Kier molecular flexibility index (Phi) is 2.26. The van der Waals surface area contributed by atoms with E-state index in [-0.39, 0.29) is 12.4 Å². The molecule has 2 rings (SSSR count). The van der Waals surface area contributed by atoms with Crippen LogP contribution in [0.15, 0.2) is 18.9 Å². The third-order valence-corrected chi connectivity index (χ3v) is 1.42. The maximum absolute atomic E-state index is 5.64. The maximum Gasteiger partial charge on any atom is 0.178 e. The third-order valence-electron chi connectivity index (χ3n) is 1.17. The van der Waals surface area contributed by atoms with E-state index in [9.17, 15) is 0 Å². The molecule has 2 aromatic heterocycles. The number of hydrogen-bond donors (Lipinski definition) is 0. The number of aromatic nitrogens is 4. The molecule has 0 aliphatic heterocycles. The van der Waals surface area contributed by atoms with Gasteiger partial charge in [-0.2, -0.15) is 0 Å². The summed E-state index contributed by atoms with van der Waals surface area (Å²) in [5.74, 6) is 0. The lowest BCUT2D eigenvalue weighted by Gasteiger charge is -1.85. The summed E-state index contributed by atoms with van der Waals surface area (Å²) in [7, 11) is 0. The summed E-state index contributed by atoms with van der Waals surface area (Å²) in [6.45, 7) is 0. The molecular weight excluding hydrogens is 187 g/mol. The van der Waals surface area contributed by atoms with Crippen LogP contribution >= 0.6 is 24.2 Å². The first kappa shape index (κ1) is 8.23. The minimum Gasteiger partial charge on any atom is -0.242 e. The second-order valence-electron chi connectivity index (χ2n) is 1.79. The van der Waals surface area contributed by atoms with Crippen molar-refractivity contribution in [2.24, 2.45) is 0 Å². The van der Waals surface area contributed by atoms with Gasteiger partial charge >= 0.3 is 0 Å². The molecule has 0 fully saturated rings. The van der Waals surface area contributed by atoms with Gasteiger partial charge in [-0.1, -0.05) is 0 Å². The van der Waals surface area contributed by atoms with Gasteiger partial charge < -0.3 is 0 Å². The molecule has 2 aromatic rings. The molecule has 0 bridgehead atoms. The molecule has 0 saturated heterocycles. The molecule has 6 heteroatoms. The van der Waals surface area contributed by atoms with Gasteiger partial charge in [0.2, 0.25) is 0 Å². The van der Waals surface area contributed by atoms with Gasteiger partial charge in [0.05, 0.1) is 6.20 Å². The third kappa shape index (κ3) is 1.27. The Morgan fingerprint density at radius 2 is 2.18 bits per heavy atom. The topological polar surface area (TPSA) is 43.6 Å². The quantitative estimate of drug-likeness (QED) is 0.629. The summed E-state index contributed by atoms with van der Waals surface area (Å²) < 4.78 is 1.33. The predicted octanol–water partition coefficient (Wildman–Crippen LogP) is 1.25. The first-order chi connectivity index (χ1) is 4.88. The van der Waals surface area contributed by atoms with Gasteiger partial charge in [0.15, 0.2) is 5.65 Å². The standard InChI is InChI=1S/C5H3ClN4.ClH/c6-10-3-9-4-1-7-2-8-5(4)10;/h1-3H;1H. The Morgan fingerprint density at radius 3 is 2.91 bits per heavy atom. The number of imidazole rings is 1. The van der Waals surface area contributed by atoms with Crippen LogP contribution in [0.3, 0.4) is 0 Å². The minimum atomic E-state index is 0. The van der Waals surface area contributed by atoms with Crippen LogP contribution in [0.25, 0.3) is 11.2 Å². The van der Waals surface area contributed by atoms with Gasteiger partial charge in [-0.3, -0.25) is 0 Å². The SMILES string of the molecule is Cl.Cln1cnc2cncnc21. The zero-order chi connectivity index (χ0) is 6.97. The van der Waals surface area contributed by atoms with E-state index in [2.05, 4.69) is 15.0 Å². The van der Waals surface area contributed by atoms with E-state index in [0.29, 0.717) is 11.2 Å². The Balaban J connectivity index is 0.000000605. The zero-order valence-electron chi connectivity index (χ0n) is 5.31. The molecule has 4 nitrogen and oxygen atoms in total. The van der Waals surface area contributed by atoms with Crippen molar-refractivity contribution in [3.8, 4) is 0 Å². The lowest BCUT2D eigenvalue weighted by molar-refractivity contribution is 1.17. The van der Waals surface area contributed by atoms with Crippen LogP contribution < -0.4 is 0 Å². The number of hydrogen-bond acceptors (Lipinski definition) is 3. The smallest absolute Gasteiger partial charge is 0.178 e. The van der Waals surface area contributed by atoms with Crippen LogP contribution in [0.1, 0.15) is 0 Å². The molecule has 58 valence electrons. The second-order valence-corrected chi connectivity index (χ2v) is 2.15. The molecule has 0 amide bonds. The van der Waals surface area contributed by atoms with Gasteiger partial charge in [0.1, 0.15) is 18.2 Å². The molecule has 0 aliphatic rings. The van der Waals surface area contributed by atoms with Crippen LogP contribution in [0, 0.1) is 0 Å². The Bertz CT molecular complexity index is 358. The van der Waals surface area contributed by atoms with Crippen molar-refractivity contribution in [3.05, 3.63) is 18.9 Å². The number of rotatable bonds is 0. The largest absolute Gasteiger partial charge is 0.242 e. The number of nitrogens with zero attached hydrogens (tertiary/aromatic N) is 4. The lowest BCUT2D eigenvalue weighted by atomic mass is 10.6. The fraction of sp³-hybridized carbons (Fsp3) is 0. The van der Waals surface area contributed by atoms with Crippen molar-refractivity contribution in [1.29, 1.82) is 0 Å². The van der Waals surface area contributed by atoms with E-state index in [0.717, 1.165) is 0 Å². The van der Waals surface area contributed by atoms with Crippen LogP contribution in [-0.2, 0) is 0 Å². The van der Waals surface area contributed by atoms with E-state index >= 15 is 0 Å². The van der Waals surface area contributed by atoms with Crippen molar-refractivity contribution in [2.75, 3.05) is 0 Å². The van der Waals surface area contributed by atoms with Crippen molar-refractivity contribution >= 4 is 35.3 Å². The van der Waals surface area contributed by atoms with Crippen LogP contribution in [0.4, 0.5) is 0 Å². The first-order valence-corrected chi connectivity index (χ1v) is 3.01. The van der Waals surface area contributed by atoms with Crippen molar-refractivity contribution < 1.29 is 0 Å². The van der Waals surface area contributed by atoms with E-state index in [1.165, 1.54) is 16.7 Å². The Hall–Kier alpha value is -0.870. The van der Waals surface area contributed by atoms with Crippen molar-refractivity contribution in [3.63, 3.8) is 0 Å². The average molecular weight is 191 g/mol. The summed E-state index contributed by atoms with van der Waals surface area (Å²) >= 11 is 5.64. The highest BCUT2D eigenvalue weighted by molar-refractivity contribution is 6.18. The molecule has 0 saturated carbocycles. The normalized spacial score (nSPS) is 9.55. The summed E-state index contributed by atoms with van der Waals surface area (Å²) in [6, 6.07) is 0. The predicted molar refractivity (Wildman–Crippen MR) is 43.8 cm³/mol. The first-order valence-electron chi connectivity index (χ1n) is 2.67. The van der Waals surface area contributed by atoms with E-state index in [1.54, 1.807) is 6.20 Å². The Morgan fingerprint density at radius 1 is 1.36 bits per heavy atom. The summed E-state index contributed by atoms with van der Waals surface area (Å²) in [5.41, 5.74) is 1.34. The van der Waals surface area contributed by atoms with Crippen molar-refractivity contribution in [2.45, 2.75) is 0 Å². The summed E-state index contributed by atoms with van der Waals surface area (Å²) in [4.78, 5) is 11.6. The van der Waals surface area contributed by atoms with Crippen LogP contribution in [0.2, 0.25) is 0 Å². The second kappa shape index (κ2) is 3.02. The van der Waals surface area contributed by atoms with Gasteiger partial charge in [-0.25, -0.2) is 19.0 Å². The summed E-state index contributed by atoms with van der Waals surface area (Å²) in [5, 5.41) is 0. The van der Waals surface area contributed by atoms with E-state index in [1.807, 2.05) is 0 Å². The molecule has 0 N–H and O–H groups in total. The monoisotopic (exact) mass is 190 g/mol. The fourth-order valence-electron chi connectivity index (χ4n) is 0.739. The van der Waals surface area contributed by atoms with Crippen LogP contribution in [0.5, 0.6) is 0 Å². The molecule has 2 heterocycles. The van der Waals surface area contributed by atoms with Gasteiger partial charge in [0.25, 0.3) is 0 Å². The number of halogens is 2. The molecule has 0 radical (unpaired) electrons. The highest BCUT2D eigenvalue weighted by atomic mass is 35.5. The Labute approximate surface area is 73.8 Å². The van der Waals surface area contributed by atoms with Gasteiger partial charge in [-0.15, -0.1) is 12.4 Å². The van der Waals surface area contributed by atoms with Gasteiger partial charge in [0, 0.05) is 11.8 Å². The highest BCUT2D eigenvalue weighted by Crippen LogP contribution is 2.07. The molecule has 0 spiro atoms. The molecule has 0 unspecified atom stereocenters. The maximum atomic E-state index is 5.64. The summed E-state index contributed by atoms with van der Waals surface area (Å²) in [6.07, 6.45) is 4.53. The highest BCUT2D eigenvalue weighted by Gasteiger charge is 1.98. The molecule has 0 aromatic carbocycles. The molecule has 0 atom stereocenters. The van der Waals surface area contributed by atoms with Crippen LogP contribution in [-0.4, -0.2) is 19.0 Å². The molecule has 0 aliphatic carbocycles. The van der Waals surface area contributed by atoms with E-state index in [4.69, 9.17) is 11.8 Å². The van der Waals surface area contributed by atoms with Gasteiger partial charge in [-0.05, 0) is 0 Å². The van der Waals surface area contributed by atoms with Crippen molar-refractivity contribution in [1.82, 2.24) is 19.0 Å². The molecule has 11 heavy (non-hydrogen) atoms. The zero-order valence-corrected chi connectivity index (χ0v) is 6.88.